The molecule has 7 heteroatoms. The summed E-state index contributed by atoms with van der Waals surface area (Å²) >= 11 is 13.9. The average molecular weight is 337 g/mol. The summed E-state index contributed by atoms with van der Waals surface area (Å²) in [5.74, 6) is 0.764. The largest absolute Gasteiger partial charge is 0.355 e. The van der Waals surface area contributed by atoms with E-state index in [0.29, 0.717) is 16.7 Å². The molecule has 0 radical (unpaired) electrons. The Labute approximate surface area is 135 Å². The van der Waals surface area contributed by atoms with Crippen molar-refractivity contribution in [3.63, 3.8) is 0 Å². The van der Waals surface area contributed by atoms with Gasteiger partial charge < -0.3 is 15.2 Å². The van der Waals surface area contributed by atoms with Gasteiger partial charge in [0.25, 0.3) is 0 Å². The Morgan fingerprint density at radius 2 is 2.05 bits per heavy atom. The molecule has 0 aromatic carbocycles. The van der Waals surface area contributed by atoms with Gasteiger partial charge in [-0.15, -0.1) is 0 Å². The second-order valence-corrected chi connectivity index (χ2v) is 7.36. The van der Waals surface area contributed by atoms with Gasteiger partial charge in [-0.2, -0.15) is 11.8 Å². The van der Waals surface area contributed by atoms with Gasteiger partial charge in [0.05, 0.1) is 11.6 Å². The number of halogens is 2. The smallest absolute Gasteiger partial charge is 0.191 e. The molecule has 0 aliphatic rings. The first-order valence-corrected chi connectivity index (χ1v) is 8.28. The monoisotopic (exact) mass is 336 g/mol. The zero-order chi connectivity index (χ0) is 15.3. The van der Waals surface area contributed by atoms with E-state index in [9.17, 15) is 0 Å². The van der Waals surface area contributed by atoms with Crippen LogP contribution >= 0.6 is 35.0 Å². The van der Waals surface area contributed by atoms with Gasteiger partial charge in [-0.1, -0.05) is 23.2 Å². The fourth-order valence-corrected chi connectivity index (χ4v) is 2.15. The van der Waals surface area contributed by atoms with E-state index in [4.69, 9.17) is 23.2 Å². The maximum absolute atomic E-state index is 6.04. The maximum atomic E-state index is 6.04. The number of hydrogen-bond donors (Lipinski definition) is 2. The summed E-state index contributed by atoms with van der Waals surface area (Å²) in [5.41, 5.74) is 1.01. The molecule has 0 aliphatic heterocycles. The number of aliphatic imine (C=N–C) groups is 1. The molecule has 2 N–H and O–H groups in total. The number of thioether (sulfide) groups is 1. The minimum atomic E-state index is 0.162. The van der Waals surface area contributed by atoms with E-state index in [1.165, 1.54) is 0 Å². The molecular formula is C13H22Cl2N4S. The van der Waals surface area contributed by atoms with Crippen molar-refractivity contribution in [1.29, 1.82) is 0 Å². The van der Waals surface area contributed by atoms with Crippen molar-refractivity contribution < 1.29 is 0 Å². The third-order valence-corrected chi connectivity index (χ3v) is 5.20. The predicted molar refractivity (Wildman–Crippen MR) is 91.2 cm³/mol. The zero-order valence-corrected chi connectivity index (χ0v) is 14.9. The summed E-state index contributed by atoms with van der Waals surface area (Å²) in [6.45, 7) is 5.83. The summed E-state index contributed by atoms with van der Waals surface area (Å²) in [5, 5.41) is 7.69. The second kappa shape index (κ2) is 7.48. The molecule has 0 spiro atoms. The fraction of sp³-hybridized carbons (Fsp3) is 0.615. The fourth-order valence-electron chi connectivity index (χ4n) is 1.52. The van der Waals surface area contributed by atoms with Crippen LogP contribution in [0.25, 0.3) is 0 Å². The Hall–Kier alpha value is -0.520. The minimum Gasteiger partial charge on any atom is -0.355 e. The van der Waals surface area contributed by atoms with Crippen molar-refractivity contribution >= 4 is 40.9 Å². The second-order valence-electron chi connectivity index (χ2n) is 5.08. The van der Waals surface area contributed by atoms with Gasteiger partial charge in [-0.3, -0.25) is 4.99 Å². The van der Waals surface area contributed by atoms with Crippen LogP contribution in [0.15, 0.2) is 11.1 Å². The van der Waals surface area contributed by atoms with Crippen molar-refractivity contribution in [2.75, 3.05) is 19.8 Å². The molecule has 0 unspecified atom stereocenters. The van der Waals surface area contributed by atoms with Gasteiger partial charge in [0.2, 0.25) is 0 Å². The summed E-state index contributed by atoms with van der Waals surface area (Å²) in [7, 11) is 3.64. The average Bonchev–Trinajstić information content (AvgIpc) is 2.66. The van der Waals surface area contributed by atoms with E-state index in [2.05, 4.69) is 35.7 Å². The SMILES string of the molecule is CN=C(NCc1cc(Cl)c(Cl)n1C)NCC(C)(C)SC. The molecule has 0 atom stereocenters. The minimum absolute atomic E-state index is 0.162. The molecule has 0 amide bonds. The zero-order valence-electron chi connectivity index (χ0n) is 12.6. The third kappa shape index (κ3) is 4.79. The third-order valence-electron chi connectivity index (χ3n) is 3.11. The van der Waals surface area contributed by atoms with Gasteiger partial charge in [0.15, 0.2) is 5.96 Å². The van der Waals surface area contributed by atoms with E-state index in [0.717, 1.165) is 18.2 Å². The standard InChI is InChI=1S/C13H22Cl2N4S/c1-13(2,20-5)8-18-12(16-3)17-7-9-6-10(14)11(15)19(9)4/h6H,7-8H2,1-5H3,(H2,16,17,18). The van der Waals surface area contributed by atoms with E-state index in [-0.39, 0.29) is 4.75 Å². The highest BCUT2D eigenvalue weighted by molar-refractivity contribution is 7.99. The Kier molecular flexibility index (Phi) is 6.55. The molecule has 4 nitrogen and oxygen atoms in total. The topological polar surface area (TPSA) is 41.4 Å². The molecule has 20 heavy (non-hydrogen) atoms. The van der Waals surface area contributed by atoms with E-state index < -0.39 is 0 Å². The number of guanidine groups is 1. The summed E-state index contributed by atoms with van der Waals surface area (Å²) in [4.78, 5) is 4.21. The molecule has 0 aliphatic carbocycles. The summed E-state index contributed by atoms with van der Waals surface area (Å²) in [6.07, 6.45) is 2.10. The van der Waals surface area contributed by atoms with Crippen LogP contribution in [0.2, 0.25) is 10.2 Å². The van der Waals surface area contributed by atoms with Gasteiger partial charge in [-0.05, 0) is 26.2 Å². The molecule has 0 fully saturated rings. The number of hydrogen-bond acceptors (Lipinski definition) is 2. The lowest BCUT2D eigenvalue weighted by molar-refractivity contribution is 0.660. The lowest BCUT2D eigenvalue weighted by Gasteiger charge is -2.23. The number of rotatable bonds is 5. The summed E-state index contributed by atoms with van der Waals surface area (Å²) in [6, 6.07) is 1.86. The van der Waals surface area contributed by atoms with Crippen molar-refractivity contribution in [1.82, 2.24) is 15.2 Å². The van der Waals surface area contributed by atoms with Gasteiger partial charge >= 0.3 is 0 Å². The van der Waals surface area contributed by atoms with Crippen LogP contribution in [-0.4, -0.2) is 35.1 Å². The molecule has 1 heterocycles. The van der Waals surface area contributed by atoms with Gasteiger partial charge in [-0.25, -0.2) is 0 Å². The molecule has 1 aromatic heterocycles. The van der Waals surface area contributed by atoms with Gasteiger partial charge in [0, 0.05) is 31.1 Å². The van der Waals surface area contributed by atoms with Crippen molar-refractivity contribution in [3.05, 3.63) is 21.9 Å². The normalized spacial score (nSPS) is 12.7. The first-order chi connectivity index (χ1) is 9.30. The number of nitrogens with zero attached hydrogens (tertiary/aromatic N) is 2. The van der Waals surface area contributed by atoms with Crippen LogP contribution in [0.1, 0.15) is 19.5 Å². The van der Waals surface area contributed by atoms with Crippen LogP contribution < -0.4 is 10.6 Å². The molecule has 1 rings (SSSR count). The first kappa shape index (κ1) is 17.5. The Balaban J connectivity index is 2.56. The van der Waals surface area contributed by atoms with Crippen molar-refractivity contribution in [3.8, 4) is 0 Å². The van der Waals surface area contributed by atoms with Gasteiger partial charge in [0.1, 0.15) is 5.15 Å². The van der Waals surface area contributed by atoms with Crippen LogP contribution in [-0.2, 0) is 13.6 Å². The van der Waals surface area contributed by atoms with Crippen molar-refractivity contribution in [2.24, 2.45) is 12.0 Å². The maximum Gasteiger partial charge on any atom is 0.191 e. The quantitative estimate of drug-likeness (QED) is 0.641. The van der Waals surface area contributed by atoms with Crippen LogP contribution in [0, 0.1) is 0 Å². The molecule has 0 bridgehead atoms. The highest BCUT2D eigenvalue weighted by Crippen LogP contribution is 2.25. The van der Waals surface area contributed by atoms with Crippen LogP contribution in [0.3, 0.4) is 0 Å². The van der Waals surface area contributed by atoms with Crippen LogP contribution in [0.5, 0.6) is 0 Å². The highest BCUT2D eigenvalue weighted by Gasteiger charge is 2.16. The number of aromatic nitrogens is 1. The van der Waals surface area contributed by atoms with E-state index >= 15 is 0 Å². The molecule has 1 aromatic rings. The van der Waals surface area contributed by atoms with Crippen LogP contribution in [0.4, 0.5) is 0 Å². The Morgan fingerprint density at radius 1 is 1.40 bits per heavy atom. The lowest BCUT2D eigenvalue weighted by Crippen LogP contribution is -2.43. The summed E-state index contributed by atoms with van der Waals surface area (Å²) < 4.78 is 2.02. The predicted octanol–water partition coefficient (Wildman–Crippen LogP) is 3.14. The van der Waals surface area contributed by atoms with Crippen molar-refractivity contribution in [2.45, 2.75) is 25.1 Å². The Morgan fingerprint density at radius 3 is 2.50 bits per heavy atom. The van der Waals surface area contributed by atoms with E-state index in [1.807, 2.05) is 29.4 Å². The lowest BCUT2D eigenvalue weighted by atomic mass is 10.2. The van der Waals surface area contributed by atoms with E-state index in [1.54, 1.807) is 7.05 Å². The Bertz CT molecular complexity index is 483. The highest BCUT2D eigenvalue weighted by atomic mass is 35.5. The molecule has 114 valence electrons. The molecule has 0 saturated carbocycles. The molecule has 0 saturated heterocycles. The molecular weight excluding hydrogens is 315 g/mol. The first-order valence-electron chi connectivity index (χ1n) is 6.30. The number of nitrogens with one attached hydrogen (secondary N) is 2.